The molecule has 0 fully saturated rings. The van der Waals surface area contributed by atoms with Gasteiger partial charge in [-0.25, -0.2) is 4.98 Å². The van der Waals surface area contributed by atoms with E-state index in [1.807, 2.05) is 48.5 Å². The number of amides is 1. The highest BCUT2D eigenvalue weighted by atomic mass is 32.2. The summed E-state index contributed by atoms with van der Waals surface area (Å²) in [6, 6.07) is 21.3. The van der Waals surface area contributed by atoms with Crippen molar-refractivity contribution in [1.29, 1.82) is 0 Å². The van der Waals surface area contributed by atoms with Crippen molar-refractivity contribution >= 4 is 46.2 Å². The van der Waals surface area contributed by atoms with Crippen molar-refractivity contribution in [2.45, 2.75) is 10.1 Å². The van der Waals surface area contributed by atoms with Crippen LogP contribution in [0.15, 0.2) is 88.9 Å². The monoisotopic (exact) mass is 416 g/mol. The van der Waals surface area contributed by atoms with Crippen molar-refractivity contribution in [1.82, 2.24) is 9.97 Å². The Morgan fingerprint density at radius 1 is 1.07 bits per heavy atom. The van der Waals surface area contributed by atoms with Gasteiger partial charge in [-0.2, -0.15) is 0 Å². The van der Waals surface area contributed by atoms with Crippen molar-refractivity contribution in [3.63, 3.8) is 0 Å². The second-order valence-corrected chi connectivity index (χ2v) is 7.42. The van der Waals surface area contributed by atoms with Gasteiger partial charge in [0.25, 0.3) is 5.69 Å². The number of nitro benzene ring substituents is 1. The van der Waals surface area contributed by atoms with Crippen LogP contribution in [-0.2, 0) is 4.79 Å². The minimum Gasteiger partial charge on any atom is -0.333 e. The fourth-order valence-electron chi connectivity index (χ4n) is 2.79. The lowest BCUT2D eigenvalue weighted by molar-refractivity contribution is -0.384. The lowest BCUT2D eigenvalue weighted by atomic mass is 10.2. The molecule has 0 spiro atoms. The van der Waals surface area contributed by atoms with Gasteiger partial charge in [0.15, 0.2) is 5.16 Å². The molecule has 8 heteroatoms. The molecular weight excluding hydrogens is 400 g/mol. The van der Waals surface area contributed by atoms with Gasteiger partial charge in [0.1, 0.15) is 0 Å². The highest BCUT2D eigenvalue weighted by Gasteiger charge is 2.06. The summed E-state index contributed by atoms with van der Waals surface area (Å²) in [6.07, 6.45) is 2.88. The summed E-state index contributed by atoms with van der Waals surface area (Å²) >= 11 is 1.50. The first kappa shape index (κ1) is 19.4. The molecule has 1 amide bonds. The van der Waals surface area contributed by atoms with Crippen LogP contribution >= 0.6 is 11.8 Å². The minimum absolute atomic E-state index is 0.0184. The van der Waals surface area contributed by atoms with E-state index in [1.54, 1.807) is 12.1 Å². The SMILES string of the molecule is O=C(C=Cc1cccc([N+](=O)[O-])c1)Nc1ccc(Sc2nc3ccccc3[nH]2)cc1. The van der Waals surface area contributed by atoms with Gasteiger partial charge in [-0.05, 0) is 48.0 Å². The second-order valence-electron chi connectivity index (χ2n) is 6.36. The Morgan fingerprint density at radius 2 is 1.87 bits per heavy atom. The number of carbonyl (C=O) groups is 1. The Hall–Kier alpha value is -3.91. The number of carbonyl (C=O) groups excluding carboxylic acids is 1. The van der Waals surface area contributed by atoms with Gasteiger partial charge in [-0.15, -0.1) is 0 Å². The number of nitro groups is 1. The molecule has 1 heterocycles. The molecule has 0 saturated carbocycles. The summed E-state index contributed by atoms with van der Waals surface area (Å²) in [5, 5.41) is 14.4. The van der Waals surface area contributed by atoms with E-state index in [9.17, 15) is 14.9 Å². The van der Waals surface area contributed by atoms with E-state index in [0.717, 1.165) is 21.1 Å². The number of nitrogens with one attached hydrogen (secondary N) is 2. The van der Waals surface area contributed by atoms with E-state index < -0.39 is 4.92 Å². The van der Waals surface area contributed by atoms with Gasteiger partial charge in [0.2, 0.25) is 5.91 Å². The maximum atomic E-state index is 12.1. The van der Waals surface area contributed by atoms with Crippen LogP contribution in [0.4, 0.5) is 11.4 Å². The number of hydrogen-bond donors (Lipinski definition) is 2. The second kappa shape index (κ2) is 8.62. The highest BCUT2D eigenvalue weighted by molar-refractivity contribution is 7.99. The summed E-state index contributed by atoms with van der Waals surface area (Å²) in [5.74, 6) is -0.320. The topological polar surface area (TPSA) is 101 Å². The predicted octanol–water partition coefficient (Wildman–Crippen LogP) is 5.27. The van der Waals surface area contributed by atoms with Crippen molar-refractivity contribution < 1.29 is 9.72 Å². The zero-order valence-electron chi connectivity index (χ0n) is 15.6. The molecule has 3 aromatic carbocycles. The number of aromatic amines is 1. The number of benzene rings is 3. The number of para-hydroxylation sites is 2. The van der Waals surface area contributed by atoms with Crippen molar-refractivity contribution in [3.05, 3.63) is 94.6 Å². The molecule has 0 atom stereocenters. The number of fused-ring (bicyclic) bond motifs is 1. The number of aromatic nitrogens is 2. The largest absolute Gasteiger partial charge is 0.333 e. The van der Waals surface area contributed by atoms with Crippen LogP contribution in [0.2, 0.25) is 0 Å². The smallest absolute Gasteiger partial charge is 0.270 e. The Labute approximate surface area is 176 Å². The average molecular weight is 416 g/mol. The molecule has 0 aliphatic heterocycles. The van der Waals surface area contributed by atoms with Crippen LogP contribution in [-0.4, -0.2) is 20.8 Å². The first-order valence-corrected chi connectivity index (χ1v) is 9.85. The number of rotatable bonds is 6. The van der Waals surface area contributed by atoms with Crippen LogP contribution < -0.4 is 5.32 Å². The van der Waals surface area contributed by atoms with Crippen LogP contribution in [0, 0.1) is 10.1 Å². The third-order valence-corrected chi connectivity index (χ3v) is 5.11. The number of imidazole rings is 1. The molecule has 2 N–H and O–H groups in total. The maximum absolute atomic E-state index is 12.1. The molecule has 30 heavy (non-hydrogen) atoms. The first-order valence-electron chi connectivity index (χ1n) is 9.03. The molecule has 4 aromatic rings. The molecule has 0 bridgehead atoms. The maximum Gasteiger partial charge on any atom is 0.270 e. The standard InChI is InChI=1S/C22H16N4O3S/c27-21(13-8-15-4-3-5-17(14-15)26(28)29)23-16-9-11-18(12-10-16)30-22-24-19-6-1-2-7-20(19)25-22/h1-14H,(H,23,27)(H,24,25). The number of nitrogens with zero attached hydrogens (tertiary/aromatic N) is 2. The average Bonchev–Trinajstić information content (AvgIpc) is 3.16. The van der Waals surface area contributed by atoms with Gasteiger partial charge in [-0.1, -0.05) is 36.0 Å². The Balaban J connectivity index is 1.37. The van der Waals surface area contributed by atoms with Crippen molar-refractivity contribution in [2.75, 3.05) is 5.32 Å². The van der Waals surface area contributed by atoms with E-state index in [-0.39, 0.29) is 11.6 Å². The van der Waals surface area contributed by atoms with Gasteiger partial charge in [-0.3, -0.25) is 14.9 Å². The Bertz CT molecular complexity index is 1220. The van der Waals surface area contributed by atoms with Gasteiger partial charge in [0.05, 0.1) is 16.0 Å². The molecule has 0 saturated heterocycles. The van der Waals surface area contributed by atoms with E-state index in [4.69, 9.17) is 0 Å². The molecule has 0 aliphatic rings. The Morgan fingerprint density at radius 3 is 2.63 bits per heavy atom. The lowest BCUT2D eigenvalue weighted by Crippen LogP contribution is -2.07. The highest BCUT2D eigenvalue weighted by Crippen LogP contribution is 2.28. The predicted molar refractivity (Wildman–Crippen MR) is 117 cm³/mol. The zero-order chi connectivity index (χ0) is 20.9. The Kier molecular flexibility index (Phi) is 5.58. The van der Waals surface area contributed by atoms with Crippen LogP contribution in [0.5, 0.6) is 0 Å². The number of hydrogen-bond acceptors (Lipinski definition) is 5. The quantitative estimate of drug-likeness (QED) is 0.253. The van der Waals surface area contributed by atoms with Gasteiger partial charge >= 0.3 is 0 Å². The van der Waals surface area contributed by atoms with Crippen molar-refractivity contribution in [2.24, 2.45) is 0 Å². The third kappa shape index (κ3) is 4.73. The number of anilines is 1. The third-order valence-electron chi connectivity index (χ3n) is 4.21. The normalized spacial score (nSPS) is 11.1. The zero-order valence-corrected chi connectivity index (χ0v) is 16.4. The molecule has 0 unspecified atom stereocenters. The van der Waals surface area contributed by atoms with Crippen LogP contribution in [0.1, 0.15) is 5.56 Å². The number of H-pyrrole nitrogens is 1. The first-order chi connectivity index (χ1) is 14.6. The summed E-state index contributed by atoms with van der Waals surface area (Å²) in [4.78, 5) is 31.3. The molecule has 148 valence electrons. The van der Waals surface area contributed by atoms with E-state index >= 15 is 0 Å². The molecular formula is C22H16N4O3S. The van der Waals surface area contributed by atoms with Gasteiger partial charge < -0.3 is 10.3 Å². The molecule has 0 radical (unpaired) electrons. The molecule has 4 rings (SSSR count). The van der Waals surface area contributed by atoms with E-state index in [1.165, 1.54) is 36.0 Å². The molecule has 7 nitrogen and oxygen atoms in total. The van der Waals surface area contributed by atoms with Crippen molar-refractivity contribution in [3.8, 4) is 0 Å². The summed E-state index contributed by atoms with van der Waals surface area (Å²) in [5.41, 5.74) is 3.11. The fourth-order valence-corrected chi connectivity index (χ4v) is 3.59. The van der Waals surface area contributed by atoms with Crippen LogP contribution in [0.25, 0.3) is 17.1 Å². The fraction of sp³-hybridized carbons (Fsp3) is 0. The van der Waals surface area contributed by atoms with Gasteiger partial charge in [0, 0.05) is 28.8 Å². The van der Waals surface area contributed by atoms with Crippen LogP contribution in [0.3, 0.4) is 0 Å². The molecule has 1 aromatic heterocycles. The number of non-ortho nitro benzene ring substituents is 1. The summed E-state index contributed by atoms with van der Waals surface area (Å²) in [6.45, 7) is 0. The lowest BCUT2D eigenvalue weighted by Gasteiger charge is -2.03. The van der Waals surface area contributed by atoms with E-state index in [0.29, 0.717) is 11.3 Å². The summed E-state index contributed by atoms with van der Waals surface area (Å²) < 4.78 is 0. The summed E-state index contributed by atoms with van der Waals surface area (Å²) in [7, 11) is 0. The molecule has 0 aliphatic carbocycles. The van der Waals surface area contributed by atoms with E-state index in [2.05, 4.69) is 15.3 Å². The minimum atomic E-state index is -0.470.